The fourth-order valence-electron chi connectivity index (χ4n) is 2.30. The molecular weight excluding hydrogens is 326 g/mol. The molecule has 0 fully saturated rings. The summed E-state index contributed by atoms with van der Waals surface area (Å²) >= 11 is 3.53. The van der Waals surface area contributed by atoms with Gasteiger partial charge < -0.3 is 10.1 Å². The number of likely N-dealkylation sites (N-methyl/N-ethyl adjacent to an activating group) is 1. The number of rotatable bonds is 7. The van der Waals surface area contributed by atoms with Crippen molar-refractivity contribution in [1.29, 1.82) is 0 Å². The largest absolute Gasteiger partial charge is 0.494 e. The van der Waals surface area contributed by atoms with Crippen LogP contribution in [0.25, 0.3) is 0 Å². The maximum Gasteiger partial charge on any atom is 0.119 e. The minimum absolute atomic E-state index is 0.305. The van der Waals surface area contributed by atoms with E-state index in [0.29, 0.717) is 6.04 Å². The van der Waals surface area contributed by atoms with Gasteiger partial charge in [-0.05, 0) is 55.3 Å². The molecule has 1 N–H and O–H groups in total. The average Bonchev–Trinajstić information content (AvgIpc) is 2.51. The first kappa shape index (κ1) is 16.1. The molecule has 0 radical (unpaired) electrons. The second kappa shape index (κ2) is 8.20. The van der Waals surface area contributed by atoms with Crippen LogP contribution in [0.1, 0.15) is 30.5 Å². The Morgan fingerprint density at radius 1 is 1.14 bits per heavy atom. The number of ether oxygens (including phenoxy) is 1. The minimum atomic E-state index is 0.305. The second-order valence-electron chi connectivity index (χ2n) is 5.09. The molecule has 0 spiro atoms. The van der Waals surface area contributed by atoms with Crippen LogP contribution in [0, 0.1) is 0 Å². The third-order valence-corrected chi connectivity index (χ3v) is 3.93. The van der Waals surface area contributed by atoms with Gasteiger partial charge in [0.1, 0.15) is 5.75 Å². The molecule has 2 nitrogen and oxygen atoms in total. The number of hydrogen-bond donors (Lipinski definition) is 1. The average molecular weight is 348 g/mol. The molecule has 2 aromatic carbocycles. The number of nitrogens with one attached hydrogen (secondary N) is 1. The van der Waals surface area contributed by atoms with Crippen LogP contribution in [-0.2, 0) is 6.42 Å². The van der Waals surface area contributed by atoms with Gasteiger partial charge in [0.15, 0.2) is 0 Å². The Morgan fingerprint density at radius 2 is 1.90 bits per heavy atom. The van der Waals surface area contributed by atoms with Gasteiger partial charge in [-0.2, -0.15) is 0 Å². The minimum Gasteiger partial charge on any atom is -0.494 e. The first-order chi connectivity index (χ1) is 10.2. The van der Waals surface area contributed by atoms with Crippen molar-refractivity contribution in [3.63, 3.8) is 0 Å². The Kier molecular flexibility index (Phi) is 6.27. The molecule has 0 heterocycles. The summed E-state index contributed by atoms with van der Waals surface area (Å²) in [5.74, 6) is 0.943. The van der Waals surface area contributed by atoms with Crippen molar-refractivity contribution in [2.75, 3.05) is 13.7 Å². The molecule has 0 amide bonds. The zero-order valence-corrected chi connectivity index (χ0v) is 14.2. The lowest BCUT2D eigenvalue weighted by atomic mass is 9.99. The molecule has 0 bridgehead atoms. The van der Waals surface area contributed by atoms with E-state index in [2.05, 4.69) is 76.7 Å². The topological polar surface area (TPSA) is 21.3 Å². The molecule has 0 aliphatic rings. The highest BCUT2D eigenvalue weighted by Crippen LogP contribution is 2.22. The van der Waals surface area contributed by atoms with E-state index < -0.39 is 0 Å². The Balaban J connectivity index is 2.06. The highest BCUT2D eigenvalue weighted by molar-refractivity contribution is 9.10. The molecule has 1 unspecified atom stereocenters. The fourth-order valence-corrected chi connectivity index (χ4v) is 2.75. The summed E-state index contributed by atoms with van der Waals surface area (Å²) in [5.41, 5.74) is 2.59. The van der Waals surface area contributed by atoms with Gasteiger partial charge in [0.25, 0.3) is 0 Å². The lowest BCUT2D eigenvalue weighted by Crippen LogP contribution is -2.18. The van der Waals surface area contributed by atoms with Crippen molar-refractivity contribution >= 4 is 15.9 Å². The third-order valence-electron chi connectivity index (χ3n) is 3.43. The van der Waals surface area contributed by atoms with Crippen molar-refractivity contribution in [2.24, 2.45) is 0 Å². The van der Waals surface area contributed by atoms with Crippen LogP contribution in [0.5, 0.6) is 5.75 Å². The van der Waals surface area contributed by atoms with E-state index in [0.717, 1.165) is 29.7 Å². The van der Waals surface area contributed by atoms with Gasteiger partial charge in [-0.1, -0.05) is 47.1 Å². The monoisotopic (exact) mass is 347 g/mol. The Hall–Kier alpha value is -1.32. The van der Waals surface area contributed by atoms with E-state index in [1.54, 1.807) is 0 Å². The van der Waals surface area contributed by atoms with E-state index in [1.165, 1.54) is 11.1 Å². The molecule has 0 aliphatic carbocycles. The SMILES string of the molecule is CCCOc1ccc(C(Cc2cccc(Br)c2)NC)cc1. The number of hydrogen-bond acceptors (Lipinski definition) is 2. The normalized spacial score (nSPS) is 12.1. The fraction of sp³-hybridized carbons (Fsp3) is 0.333. The number of benzene rings is 2. The van der Waals surface area contributed by atoms with Crippen LogP contribution in [0.4, 0.5) is 0 Å². The van der Waals surface area contributed by atoms with E-state index in [4.69, 9.17) is 4.74 Å². The molecule has 1 atom stereocenters. The van der Waals surface area contributed by atoms with Crippen molar-refractivity contribution in [1.82, 2.24) is 5.32 Å². The van der Waals surface area contributed by atoms with Crippen molar-refractivity contribution in [2.45, 2.75) is 25.8 Å². The first-order valence-corrected chi connectivity index (χ1v) is 8.16. The van der Waals surface area contributed by atoms with Crippen LogP contribution in [-0.4, -0.2) is 13.7 Å². The highest BCUT2D eigenvalue weighted by Gasteiger charge is 2.10. The van der Waals surface area contributed by atoms with Crippen LogP contribution in [0.15, 0.2) is 53.0 Å². The van der Waals surface area contributed by atoms with Gasteiger partial charge in [-0.3, -0.25) is 0 Å². The van der Waals surface area contributed by atoms with Crippen LogP contribution >= 0.6 is 15.9 Å². The molecule has 0 saturated carbocycles. The van der Waals surface area contributed by atoms with E-state index in [9.17, 15) is 0 Å². The van der Waals surface area contributed by atoms with Gasteiger partial charge in [-0.25, -0.2) is 0 Å². The summed E-state index contributed by atoms with van der Waals surface area (Å²) in [6, 6.07) is 17.2. The summed E-state index contributed by atoms with van der Waals surface area (Å²) < 4.78 is 6.75. The van der Waals surface area contributed by atoms with Crippen LogP contribution in [0.3, 0.4) is 0 Å². The predicted molar refractivity (Wildman–Crippen MR) is 91.9 cm³/mol. The molecule has 21 heavy (non-hydrogen) atoms. The van der Waals surface area contributed by atoms with Gasteiger partial charge in [0, 0.05) is 10.5 Å². The molecule has 0 saturated heterocycles. The Morgan fingerprint density at radius 3 is 2.52 bits per heavy atom. The van der Waals surface area contributed by atoms with Crippen molar-refractivity contribution in [3.05, 3.63) is 64.1 Å². The quantitative estimate of drug-likeness (QED) is 0.780. The van der Waals surface area contributed by atoms with Gasteiger partial charge in [0.05, 0.1) is 6.61 Å². The maximum absolute atomic E-state index is 5.63. The van der Waals surface area contributed by atoms with Crippen molar-refractivity contribution < 1.29 is 4.74 Å². The molecule has 2 aromatic rings. The van der Waals surface area contributed by atoms with Crippen molar-refractivity contribution in [3.8, 4) is 5.75 Å². The lowest BCUT2D eigenvalue weighted by Gasteiger charge is -2.17. The zero-order valence-electron chi connectivity index (χ0n) is 12.6. The zero-order chi connectivity index (χ0) is 15.1. The lowest BCUT2D eigenvalue weighted by molar-refractivity contribution is 0.317. The Labute approximate surface area is 135 Å². The number of halogens is 1. The van der Waals surface area contributed by atoms with Gasteiger partial charge in [0.2, 0.25) is 0 Å². The smallest absolute Gasteiger partial charge is 0.119 e. The summed E-state index contributed by atoms with van der Waals surface area (Å²) in [7, 11) is 2.00. The molecule has 0 aromatic heterocycles. The van der Waals surface area contributed by atoms with Gasteiger partial charge >= 0.3 is 0 Å². The molecule has 3 heteroatoms. The molecule has 2 rings (SSSR count). The summed E-state index contributed by atoms with van der Waals surface area (Å²) in [6.45, 7) is 2.89. The second-order valence-corrected chi connectivity index (χ2v) is 6.01. The van der Waals surface area contributed by atoms with Gasteiger partial charge in [-0.15, -0.1) is 0 Å². The predicted octanol–water partition coefficient (Wildman–Crippen LogP) is 4.74. The first-order valence-electron chi connectivity index (χ1n) is 7.37. The van der Waals surface area contributed by atoms with Crippen LogP contribution in [0.2, 0.25) is 0 Å². The molecular formula is C18H22BrNO. The molecule has 0 aliphatic heterocycles. The maximum atomic E-state index is 5.63. The van der Waals surface area contributed by atoms with E-state index in [-0.39, 0.29) is 0 Å². The van der Waals surface area contributed by atoms with E-state index >= 15 is 0 Å². The summed E-state index contributed by atoms with van der Waals surface area (Å²) in [6.07, 6.45) is 1.99. The highest BCUT2D eigenvalue weighted by atomic mass is 79.9. The summed E-state index contributed by atoms with van der Waals surface area (Å²) in [4.78, 5) is 0. The summed E-state index contributed by atoms with van der Waals surface area (Å²) in [5, 5.41) is 3.39. The standard InChI is InChI=1S/C18H22BrNO/c1-3-11-21-17-9-7-15(8-10-17)18(20-2)13-14-5-4-6-16(19)12-14/h4-10,12,18,20H,3,11,13H2,1-2H3. The Bertz CT molecular complexity index is 553. The third kappa shape index (κ3) is 4.87. The van der Waals surface area contributed by atoms with Crippen LogP contribution < -0.4 is 10.1 Å². The van der Waals surface area contributed by atoms with E-state index in [1.807, 2.05) is 7.05 Å². The molecule has 112 valence electrons.